The topological polar surface area (TPSA) is 81.1 Å². The van der Waals surface area contributed by atoms with Crippen molar-refractivity contribution in [3.63, 3.8) is 0 Å². The van der Waals surface area contributed by atoms with Crippen LogP contribution < -0.4 is 9.80 Å². The maximum atomic E-state index is 13.1. The smallest absolute Gasteiger partial charge is 0.258 e. The molecule has 2 amide bonds. The molecule has 0 bridgehead atoms. The number of benzene rings is 5. The summed E-state index contributed by atoms with van der Waals surface area (Å²) in [6.07, 6.45) is 0. The Kier molecular flexibility index (Phi) is 7.33. The Hall–Kier alpha value is -5.36. The molecule has 6 heteroatoms. The average molecular weight is 529 g/mol. The van der Waals surface area contributed by atoms with E-state index in [1.165, 1.54) is 0 Å². The van der Waals surface area contributed by atoms with Gasteiger partial charge in [-0.1, -0.05) is 48.5 Å². The normalized spacial score (nSPS) is 10.7. The van der Waals surface area contributed by atoms with Gasteiger partial charge in [0, 0.05) is 36.6 Å². The van der Waals surface area contributed by atoms with Crippen molar-refractivity contribution >= 4 is 23.2 Å². The number of carbonyl (C=O) groups is 2. The number of amides is 2. The van der Waals surface area contributed by atoms with Crippen LogP contribution in [0, 0.1) is 0 Å². The molecule has 5 aromatic rings. The Morgan fingerprint density at radius 1 is 0.425 bits per heavy atom. The second-order valence-electron chi connectivity index (χ2n) is 9.49. The molecule has 5 aromatic carbocycles. The molecule has 0 aliphatic rings. The first-order valence-corrected chi connectivity index (χ1v) is 12.8. The Morgan fingerprint density at radius 2 is 0.675 bits per heavy atom. The molecule has 0 aromatic heterocycles. The van der Waals surface area contributed by atoms with E-state index in [2.05, 4.69) is 0 Å². The van der Waals surface area contributed by atoms with E-state index in [4.69, 9.17) is 0 Å². The van der Waals surface area contributed by atoms with Crippen LogP contribution in [0.3, 0.4) is 0 Å². The lowest BCUT2D eigenvalue weighted by molar-refractivity contribution is 0.0984. The lowest BCUT2D eigenvalue weighted by atomic mass is 10.0. The van der Waals surface area contributed by atoms with E-state index < -0.39 is 0 Å². The van der Waals surface area contributed by atoms with Gasteiger partial charge >= 0.3 is 0 Å². The molecule has 0 saturated heterocycles. The molecule has 6 nitrogen and oxygen atoms in total. The zero-order chi connectivity index (χ0) is 28.2. The van der Waals surface area contributed by atoms with Gasteiger partial charge < -0.3 is 20.0 Å². The molecular formula is C34H28N2O4. The van der Waals surface area contributed by atoms with E-state index in [9.17, 15) is 19.8 Å². The van der Waals surface area contributed by atoms with E-state index in [-0.39, 0.29) is 23.3 Å². The molecule has 0 aliphatic carbocycles. The van der Waals surface area contributed by atoms with Crippen LogP contribution >= 0.6 is 0 Å². The van der Waals surface area contributed by atoms with Crippen LogP contribution in [0.1, 0.15) is 20.7 Å². The minimum atomic E-state index is -0.150. The third-order valence-corrected chi connectivity index (χ3v) is 6.90. The maximum Gasteiger partial charge on any atom is 0.258 e. The summed E-state index contributed by atoms with van der Waals surface area (Å²) in [5.74, 6) is 0.116. The summed E-state index contributed by atoms with van der Waals surface area (Å²) >= 11 is 0. The fraction of sp³-hybridized carbons (Fsp3) is 0.0588. The number of rotatable bonds is 6. The van der Waals surface area contributed by atoms with Gasteiger partial charge in [0.2, 0.25) is 0 Å². The van der Waals surface area contributed by atoms with Crippen molar-refractivity contribution < 1.29 is 19.8 Å². The minimum absolute atomic E-state index is 0.150. The number of hydrogen-bond acceptors (Lipinski definition) is 4. The zero-order valence-corrected chi connectivity index (χ0v) is 22.2. The predicted molar refractivity (Wildman–Crippen MR) is 159 cm³/mol. The molecule has 0 saturated carbocycles. The van der Waals surface area contributed by atoms with Gasteiger partial charge in [-0.3, -0.25) is 9.59 Å². The van der Waals surface area contributed by atoms with Gasteiger partial charge in [0.05, 0.1) is 0 Å². The number of anilines is 2. The van der Waals surface area contributed by atoms with Gasteiger partial charge in [0.25, 0.3) is 11.8 Å². The summed E-state index contributed by atoms with van der Waals surface area (Å²) in [7, 11) is 3.44. The van der Waals surface area contributed by atoms with Crippen LogP contribution in [-0.2, 0) is 0 Å². The molecule has 0 fully saturated rings. The average Bonchev–Trinajstić information content (AvgIpc) is 3.00. The Bertz CT molecular complexity index is 1500. The highest BCUT2D eigenvalue weighted by atomic mass is 16.3. The summed E-state index contributed by atoms with van der Waals surface area (Å²) < 4.78 is 0. The summed E-state index contributed by atoms with van der Waals surface area (Å²) in [5.41, 5.74) is 6.32. The third kappa shape index (κ3) is 5.56. The van der Waals surface area contributed by atoms with Crippen molar-refractivity contribution in [2.24, 2.45) is 0 Å². The van der Waals surface area contributed by atoms with Crippen molar-refractivity contribution in [1.82, 2.24) is 0 Å². The van der Waals surface area contributed by atoms with Crippen LogP contribution in [-0.4, -0.2) is 36.1 Å². The molecule has 0 heterocycles. The van der Waals surface area contributed by atoms with E-state index in [1.807, 2.05) is 72.8 Å². The van der Waals surface area contributed by atoms with Crippen molar-refractivity contribution in [3.05, 3.63) is 132 Å². The molecule has 40 heavy (non-hydrogen) atoms. The summed E-state index contributed by atoms with van der Waals surface area (Å²) in [6.45, 7) is 0. The highest BCUT2D eigenvalue weighted by molar-refractivity contribution is 6.07. The minimum Gasteiger partial charge on any atom is -0.508 e. The van der Waals surface area contributed by atoms with E-state index in [1.54, 1.807) is 72.4 Å². The van der Waals surface area contributed by atoms with E-state index in [0.29, 0.717) is 22.5 Å². The number of phenols is 2. The number of hydrogen-bond donors (Lipinski definition) is 2. The molecule has 198 valence electrons. The van der Waals surface area contributed by atoms with Gasteiger partial charge in [-0.05, 0) is 95.1 Å². The maximum absolute atomic E-state index is 13.1. The standard InChI is InChI=1S/C34H28N2O4/c1-35(33(39)27-7-3-23(4-8-27)25-11-19-31(37)20-12-25)29-15-17-30(18-16-29)36(2)34(40)28-9-5-24(6-10-28)26-13-21-32(38)22-14-26/h3-22,37-38H,1-2H3. The number of carbonyl (C=O) groups excluding carboxylic acids is 2. The molecule has 2 N–H and O–H groups in total. The lowest BCUT2D eigenvalue weighted by Crippen LogP contribution is -2.27. The predicted octanol–water partition coefficient (Wildman–Crippen LogP) is 6.99. The van der Waals surface area contributed by atoms with Crippen molar-refractivity contribution in [3.8, 4) is 33.8 Å². The van der Waals surface area contributed by atoms with Crippen molar-refractivity contribution in [2.75, 3.05) is 23.9 Å². The number of aromatic hydroxyl groups is 2. The second kappa shape index (κ2) is 11.2. The van der Waals surface area contributed by atoms with Crippen molar-refractivity contribution in [1.29, 1.82) is 0 Å². The fourth-order valence-electron chi connectivity index (χ4n) is 4.44. The summed E-state index contributed by atoms with van der Waals surface area (Å²) in [5, 5.41) is 19.0. The molecule has 0 spiro atoms. The molecule has 0 radical (unpaired) electrons. The van der Waals surface area contributed by atoms with E-state index in [0.717, 1.165) is 22.3 Å². The first-order chi connectivity index (χ1) is 19.3. The van der Waals surface area contributed by atoms with Crippen LogP contribution in [0.15, 0.2) is 121 Å². The Balaban J connectivity index is 1.25. The van der Waals surface area contributed by atoms with E-state index >= 15 is 0 Å². The van der Waals surface area contributed by atoms with Gasteiger partial charge in [-0.25, -0.2) is 0 Å². The number of phenolic OH excluding ortho intramolecular Hbond substituents is 2. The molecule has 5 rings (SSSR count). The molecule has 0 unspecified atom stereocenters. The number of nitrogens with zero attached hydrogens (tertiary/aromatic N) is 2. The fourth-order valence-corrected chi connectivity index (χ4v) is 4.44. The third-order valence-electron chi connectivity index (χ3n) is 6.90. The van der Waals surface area contributed by atoms with Gasteiger partial charge in [-0.15, -0.1) is 0 Å². The zero-order valence-electron chi connectivity index (χ0n) is 22.2. The summed E-state index contributed by atoms with van der Waals surface area (Å²) in [6, 6.07) is 35.8. The first-order valence-electron chi connectivity index (χ1n) is 12.8. The Morgan fingerprint density at radius 3 is 0.950 bits per heavy atom. The van der Waals surface area contributed by atoms with Crippen LogP contribution in [0.5, 0.6) is 11.5 Å². The monoisotopic (exact) mass is 528 g/mol. The van der Waals surface area contributed by atoms with Gasteiger partial charge in [0.15, 0.2) is 0 Å². The van der Waals surface area contributed by atoms with Crippen LogP contribution in [0.2, 0.25) is 0 Å². The van der Waals surface area contributed by atoms with Gasteiger partial charge in [-0.2, -0.15) is 0 Å². The molecule has 0 atom stereocenters. The first kappa shape index (κ1) is 26.3. The molecule has 0 aliphatic heterocycles. The SMILES string of the molecule is CN(C(=O)c1ccc(-c2ccc(O)cc2)cc1)c1ccc(N(C)C(=O)c2ccc(-c3ccc(O)cc3)cc2)cc1. The highest BCUT2D eigenvalue weighted by Gasteiger charge is 2.17. The van der Waals surface area contributed by atoms with Crippen molar-refractivity contribution in [2.45, 2.75) is 0 Å². The highest BCUT2D eigenvalue weighted by Crippen LogP contribution is 2.26. The van der Waals surface area contributed by atoms with Crippen LogP contribution in [0.25, 0.3) is 22.3 Å². The second-order valence-corrected chi connectivity index (χ2v) is 9.49. The lowest BCUT2D eigenvalue weighted by Gasteiger charge is -2.21. The van der Waals surface area contributed by atoms with Gasteiger partial charge in [0.1, 0.15) is 11.5 Å². The Labute approximate surface area is 233 Å². The largest absolute Gasteiger partial charge is 0.508 e. The molecular weight excluding hydrogens is 500 g/mol. The summed E-state index contributed by atoms with van der Waals surface area (Å²) in [4.78, 5) is 29.4. The quantitative estimate of drug-likeness (QED) is 0.249. The van der Waals surface area contributed by atoms with Crippen LogP contribution in [0.4, 0.5) is 11.4 Å².